The molecular formula is C19H41N. The summed E-state index contributed by atoms with van der Waals surface area (Å²) in [4.78, 5) is 0. The largest absolute Gasteiger partial charge is 0.314 e. The lowest BCUT2D eigenvalue weighted by Gasteiger charge is -2.31. The van der Waals surface area contributed by atoms with E-state index in [1.165, 1.54) is 57.8 Å². The zero-order valence-electron chi connectivity index (χ0n) is 15.2. The van der Waals surface area contributed by atoms with Crippen LogP contribution in [0.1, 0.15) is 99.3 Å². The van der Waals surface area contributed by atoms with Crippen molar-refractivity contribution in [1.29, 1.82) is 0 Å². The monoisotopic (exact) mass is 283 g/mol. The lowest BCUT2D eigenvalue weighted by Crippen LogP contribution is -2.33. The van der Waals surface area contributed by atoms with E-state index in [0.717, 1.165) is 18.5 Å². The van der Waals surface area contributed by atoms with Crippen LogP contribution in [0.2, 0.25) is 0 Å². The highest BCUT2D eigenvalue weighted by atomic mass is 14.9. The van der Waals surface area contributed by atoms with Gasteiger partial charge in [0.25, 0.3) is 0 Å². The zero-order valence-corrected chi connectivity index (χ0v) is 15.2. The maximum absolute atomic E-state index is 3.70. The molecule has 0 spiro atoms. The molecule has 0 radical (unpaired) electrons. The molecule has 1 N–H and O–H groups in total. The summed E-state index contributed by atoms with van der Waals surface area (Å²) in [5.41, 5.74) is 0.438. The molecule has 0 aromatic carbocycles. The van der Waals surface area contributed by atoms with Crippen molar-refractivity contribution >= 4 is 0 Å². The van der Waals surface area contributed by atoms with E-state index < -0.39 is 0 Å². The van der Waals surface area contributed by atoms with E-state index in [1.54, 1.807) is 0 Å². The van der Waals surface area contributed by atoms with Gasteiger partial charge < -0.3 is 5.32 Å². The van der Waals surface area contributed by atoms with Crippen LogP contribution in [0.4, 0.5) is 0 Å². The van der Waals surface area contributed by atoms with E-state index in [4.69, 9.17) is 0 Å². The normalized spacial score (nSPS) is 15.3. The Bertz CT molecular complexity index is 204. The molecule has 2 unspecified atom stereocenters. The maximum Gasteiger partial charge on any atom is 0.00696 e. The molecule has 0 aromatic heterocycles. The van der Waals surface area contributed by atoms with Crippen LogP contribution < -0.4 is 5.32 Å². The number of nitrogens with one attached hydrogen (secondary N) is 1. The van der Waals surface area contributed by atoms with E-state index in [-0.39, 0.29) is 0 Å². The summed E-state index contributed by atoms with van der Waals surface area (Å²) in [6, 6.07) is 0.727. The van der Waals surface area contributed by atoms with Crippen LogP contribution >= 0.6 is 0 Å². The predicted molar refractivity (Wildman–Crippen MR) is 93.3 cm³/mol. The Kier molecular flexibility index (Phi) is 11.6. The van der Waals surface area contributed by atoms with Crippen molar-refractivity contribution in [3.05, 3.63) is 0 Å². The third-order valence-electron chi connectivity index (χ3n) is 4.77. The Hall–Kier alpha value is -0.0400. The molecule has 0 aliphatic rings. The summed E-state index contributed by atoms with van der Waals surface area (Å²) in [7, 11) is 0. The molecule has 0 saturated heterocycles. The van der Waals surface area contributed by atoms with Crippen molar-refractivity contribution in [3.63, 3.8) is 0 Å². The highest BCUT2D eigenvalue weighted by molar-refractivity contribution is 4.77. The molecule has 0 aromatic rings. The third-order valence-corrected chi connectivity index (χ3v) is 4.77. The fraction of sp³-hybridized carbons (Fsp3) is 1.00. The molecule has 0 aliphatic heterocycles. The molecule has 1 heteroatoms. The lowest BCUT2D eigenvalue weighted by molar-refractivity contribution is 0.218. The molecule has 0 fully saturated rings. The second-order valence-corrected chi connectivity index (χ2v) is 7.67. The molecule has 0 amide bonds. The number of hydrogen-bond acceptors (Lipinski definition) is 1. The Balaban J connectivity index is 3.80. The predicted octanol–water partition coefficient (Wildman–Crippen LogP) is 6.18. The highest BCUT2D eigenvalue weighted by Gasteiger charge is 2.22. The van der Waals surface area contributed by atoms with Crippen molar-refractivity contribution in [2.45, 2.75) is 105 Å². The zero-order chi connectivity index (χ0) is 15.4. The van der Waals surface area contributed by atoms with Crippen molar-refractivity contribution in [3.8, 4) is 0 Å². The van der Waals surface area contributed by atoms with Crippen LogP contribution in [0.3, 0.4) is 0 Å². The first-order valence-electron chi connectivity index (χ1n) is 9.15. The molecule has 1 nitrogen and oxygen atoms in total. The van der Waals surface area contributed by atoms with Crippen LogP contribution in [0, 0.1) is 11.3 Å². The van der Waals surface area contributed by atoms with Gasteiger partial charge in [0, 0.05) is 6.04 Å². The maximum atomic E-state index is 3.70. The van der Waals surface area contributed by atoms with Crippen molar-refractivity contribution < 1.29 is 0 Å². The fourth-order valence-electron chi connectivity index (χ4n) is 2.72. The summed E-state index contributed by atoms with van der Waals surface area (Å²) in [5, 5.41) is 3.70. The van der Waals surface area contributed by atoms with E-state index in [0.29, 0.717) is 5.41 Å². The molecule has 0 heterocycles. The summed E-state index contributed by atoms with van der Waals surface area (Å²) in [6.07, 6.45) is 12.6. The first-order chi connectivity index (χ1) is 9.41. The second kappa shape index (κ2) is 11.6. The minimum atomic E-state index is 0.438. The first kappa shape index (κ1) is 20.0. The molecule has 0 rings (SSSR count). The van der Waals surface area contributed by atoms with Gasteiger partial charge in [-0.1, -0.05) is 86.5 Å². The SMILES string of the molecule is CCCCCCCCCC(CC(C)C(C)(C)C)NCC. The third kappa shape index (κ3) is 10.7. The van der Waals surface area contributed by atoms with Gasteiger partial charge in [-0.15, -0.1) is 0 Å². The quantitative estimate of drug-likeness (QED) is 0.422. The molecule has 2 atom stereocenters. The minimum absolute atomic E-state index is 0.438. The van der Waals surface area contributed by atoms with Crippen LogP contribution in [-0.2, 0) is 0 Å². The molecule has 0 bridgehead atoms. The Morgan fingerprint density at radius 2 is 1.40 bits per heavy atom. The fourth-order valence-corrected chi connectivity index (χ4v) is 2.72. The summed E-state index contributed by atoms with van der Waals surface area (Å²) in [6.45, 7) is 15.2. The molecular weight excluding hydrogens is 242 g/mol. The van der Waals surface area contributed by atoms with Crippen molar-refractivity contribution in [1.82, 2.24) is 5.32 Å². The molecule has 122 valence electrons. The van der Waals surface area contributed by atoms with Gasteiger partial charge in [-0.2, -0.15) is 0 Å². The number of hydrogen-bond donors (Lipinski definition) is 1. The van der Waals surface area contributed by atoms with Gasteiger partial charge in [0.1, 0.15) is 0 Å². The lowest BCUT2D eigenvalue weighted by atomic mass is 9.78. The summed E-state index contributed by atoms with van der Waals surface area (Å²) >= 11 is 0. The summed E-state index contributed by atoms with van der Waals surface area (Å²) in [5.74, 6) is 0.788. The smallest absolute Gasteiger partial charge is 0.00696 e. The van der Waals surface area contributed by atoms with Crippen molar-refractivity contribution in [2.75, 3.05) is 6.54 Å². The van der Waals surface area contributed by atoms with Gasteiger partial charge in [0.2, 0.25) is 0 Å². The molecule has 0 saturated carbocycles. The van der Waals surface area contributed by atoms with E-state index in [2.05, 4.69) is 46.9 Å². The average Bonchev–Trinajstić information content (AvgIpc) is 2.36. The minimum Gasteiger partial charge on any atom is -0.314 e. The van der Waals surface area contributed by atoms with E-state index in [1.807, 2.05) is 0 Å². The standard InChI is InChI=1S/C19H41N/c1-7-9-10-11-12-13-14-15-18(20-8-2)16-17(3)19(4,5)6/h17-18,20H,7-16H2,1-6H3. The van der Waals surface area contributed by atoms with Gasteiger partial charge >= 0.3 is 0 Å². The highest BCUT2D eigenvalue weighted by Crippen LogP contribution is 2.30. The van der Waals surface area contributed by atoms with E-state index >= 15 is 0 Å². The van der Waals surface area contributed by atoms with Gasteiger partial charge in [0.15, 0.2) is 0 Å². The summed E-state index contributed by atoms with van der Waals surface area (Å²) < 4.78 is 0. The first-order valence-corrected chi connectivity index (χ1v) is 9.15. The Labute approximate surface area is 129 Å². The Morgan fingerprint density at radius 1 is 0.850 bits per heavy atom. The van der Waals surface area contributed by atoms with Crippen LogP contribution in [0.5, 0.6) is 0 Å². The van der Waals surface area contributed by atoms with Gasteiger partial charge in [-0.05, 0) is 30.7 Å². The van der Waals surface area contributed by atoms with Gasteiger partial charge in [-0.25, -0.2) is 0 Å². The second-order valence-electron chi connectivity index (χ2n) is 7.67. The molecule has 20 heavy (non-hydrogen) atoms. The molecule has 0 aliphatic carbocycles. The Morgan fingerprint density at radius 3 is 1.90 bits per heavy atom. The van der Waals surface area contributed by atoms with Gasteiger partial charge in [0.05, 0.1) is 0 Å². The topological polar surface area (TPSA) is 12.0 Å². The van der Waals surface area contributed by atoms with Crippen LogP contribution in [0.15, 0.2) is 0 Å². The van der Waals surface area contributed by atoms with E-state index in [9.17, 15) is 0 Å². The van der Waals surface area contributed by atoms with Gasteiger partial charge in [-0.3, -0.25) is 0 Å². The average molecular weight is 284 g/mol. The van der Waals surface area contributed by atoms with Crippen LogP contribution in [-0.4, -0.2) is 12.6 Å². The van der Waals surface area contributed by atoms with Crippen LogP contribution in [0.25, 0.3) is 0 Å². The number of rotatable bonds is 12. The van der Waals surface area contributed by atoms with Crippen molar-refractivity contribution in [2.24, 2.45) is 11.3 Å². The number of unbranched alkanes of at least 4 members (excludes halogenated alkanes) is 6.